The van der Waals surface area contributed by atoms with Gasteiger partial charge in [-0.25, -0.2) is 4.79 Å². The molecule has 1 unspecified atom stereocenters. The number of rotatable bonds is 4. The van der Waals surface area contributed by atoms with Crippen LogP contribution in [0.1, 0.15) is 26.2 Å². The number of aliphatic carboxylic acids is 1. The Kier molecular flexibility index (Phi) is 10.7. The van der Waals surface area contributed by atoms with Crippen molar-refractivity contribution in [3.8, 4) is 0 Å². The van der Waals surface area contributed by atoms with E-state index in [0.717, 1.165) is 12.8 Å². The quantitative estimate of drug-likeness (QED) is 0.611. The van der Waals surface area contributed by atoms with Crippen molar-refractivity contribution in [2.75, 3.05) is 0 Å². The number of unbranched alkanes of at least 4 members (excludes halogenated alkanes) is 1. The average molecular weight is 160 g/mol. The molecule has 0 amide bonds. The zero-order chi connectivity index (χ0) is 9.28. The Morgan fingerprint density at radius 1 is 1.55 bits per heavy atom. The molecule has 0 aromatic carbocycles. The second kappa shape index (κ2) is 9.17. The highest BCUT2D eigenvalue weighted by molar-refractivity contribution is 5.71. The maximum atomic E-state index is 9.96. The van der Waals surface area contributed by atoms with Crippen LogP contribution in [0.3, 0.4) is 0 Å². The summed E-state index contributed by atoms with van der Waals surface area (Å²) in [5, 5.41) is 16.8. The molecule has 3 heteroatoms. The lowest BCUT2D eigenvalue weighted by Crippen LogP contribution is -2.18. The summed E-state index contributed by atoms with van der Waals surface area (Å²) in [6.45, 7) is 7.95. The fraction of sp³-hybridized carbons (Fsp3) is 0.625. The topological polar surface area (TPSA) is 57.5 Å². The fourth-order valence-corrected chi connectivity index (χ4v) is 0.521. The predicted molar refractivity (Wildman–Crippen MR) is 44.4 cm³/mol. The van der Waals surface area contributed by atoms with Crippen LogP contribution < -0.4 is 0 Å². The molecule has 0 radical (unpaired) electrons. The summed E-state index contributed by atoms with van der Waals surface area (Å²) < 4.78 is 0. The van der Waals surface area contributed by atoms with Crippen LogP contribution in [0.5, 0.6) is 0 Å². The number of aliphatic hydroxyl groups is 1. The molecule has 0 rings (SSSR count). The predicted octanol–water partition coefficient (Wildman–Crippen LogP) is 1.42. The van der Waals surface area contributed by atoms with Crippen molar-refractivity contribution < 1.29 is 15.0 Å². The Balaban J connectivity index is 0. The third-order valence-electron chi connectivity index (χ3n) is 1.12. The molecule has 0 fully saturated rings. The van der Waals surface area contributed by atoms with Crippen LogP contribution in [0.25, 0.3) is 0 Å². The van der Waals surface area contributed by atoms with Crippen molar-refractivity contribution in [2.24, 2.45) is 0 Å². The van der Waals surface area contributed by atoms with Crippen molar-refractivity contribution in [3.05, 3.63) is 13.2 Å². The molecule has 11 heavy (non-hydrogen) atoms. The maximum Gasteiger partial charge on any atom is 0.332 e. The minimum absolute atomic E-state index is 0.367. The van der Waals surface area contributed by atoms with Crippen LogP contribution >= 0.6 is 0 Å². The molecule has 0 saturated carbocycles. The third kappa shape index (κ3) is 9.17. The van der Waals surface area contributed by atoms with Crippen LogP contribution in [-0.4, -0.2) is 22.3 Å². The van der Waals surface area contributed by atoms with Gasteiger partial charge in [0, 0.05) is 0 Å². The van der Waals surface area contributed by atoms with E-state index in [1.807, 2.05) is 6.92 Å². The summed E-state index contributed by atoms with van der Waals surface area (Å²) in [4.78, 5) is 9.96. The van der Waals surface area contributed by atoms with Gasteiger partial charge in [0.15, 0.2) is 6.10 Å². The third-order valence-corrected chi connectivity index (χ3v) is 1.12. The van der Waals surface area contributed by atoms with Gasteiger partial charge in [-0.1, -0.05) is 19.8 Å². The Hall–Kier alpha value is -0.830. The number of hydrogen-bond acceptors (Lipinski definition) is 2. The van der Waals surface area contributed by atoms with E-state index in [-0.39, 0.29) is 0 Å². The van der Waals surface area contributed by atoms with Gasteiger partial charge in [0.25, 0.3) is 0 Å². The average Bonchev–Trinajstić information content (AvgIpc) is 2.03. The van der Waals surface area contributed by atoms with Gasteiger partial charge in [-0.3, -0.25) is 0 Å². The molecule has 66 valence electrons. The maximum absolute atomic E-state index is 9.96. The minimum atomic E-state index is -1.16. The molecule has 1 atom stereocenters. The lowest BCUT2D eigenvalue weighted by Gasteiger charge is -2.01. The van der Waals surface area contributed by atoms with Gasteiger partial charge in [0.1, 0.15) is 0 Å². The molecular formula is C8H16O3. The van der Waals surface area contributed by atoms with E-state index in [4.69, 9.17) is 10.2 Å². The van der Waals surface area contributed by atoms with Crippen LogP contribution in [-0.2, 0) is 4.79 Å². The number of hydrogen-bond donors (Lipinski definition) is 2. The SMILES string of the molecule is C=C.CCCCC(O)C(=O)O. The molecule has 2 N–H and O–H groups in total. The van der Waals surface area contributed by atoms with Crippen LogP contribution in [0.4, 0.5) is 0 Å². The van der Waals surface area contributed by atoms with Crippen molar-refractivity contribution >= 4 is 5.97 Å². The fourth-order valence-electron chi connectivity index (χ4n) is 0.521. The first-order valence-electron chi connectivity index (χ1n) is 3.59. The Bertz CT molecular complexity index is 102. The van der Waals surface area contributed by atoms with E-state index in [9.17, 15) is 4.79 Å². The Morgan fingerprint density at radius 2 is 2.00 bits per heavy atom. The van der Waals surface area contributed by atoms with Gasteiger partial charge in [0.2, 0.25) is 0 Å². The summed E-state index contributed by atoms with van der Waals surface area (Å²) in [6.07, 6.45) is 0.897. The molecular weight excluding hydrogens is 144 g/mol. The van der Waals surface area contributed by atoms with Crippen molar-refractivity contribution in [1.29, 1.82) is 0 Å². The second-order valence-corrected chi connectivity index (χ2v) is 2.00. The largest absolute Gasteiger partial charge is 0.479 e. The van der Waals surface area contributed by atoms with E-state index < -0.39 is 12.1 Å². The van der Waals surface area contributed by atoms with Gasteiger partial charge >= 0.3 is 5.97 Å². The molecule has 0 saturated heterocycles. The van der Waals surface area contributed by atoms with Crippen LogP contribution in [0, 0.1) is 0 Å². The lowest BCUT2D eigenvalue weighted by atomic mass is 10.2. The zero-order valence-corrected chi connectivity index (χ0v) is 6.92. The van der Waals surface area contributed by atoms with Crippen LogP contribution in [0.2, 0.25) is 0 Å². The normalized spacial score (nSPS) is 11.1. The molecule has 0 spiro atoms. The lowest BCUT2D eigenvalue weighted by molar-refractivity contribution is -0.146. The number of carboxylic acids is 1. The first-order valence-corrected chi connectivity index (χ1v) is 3.59. The van der Waals surface area contributed by atoms with E-state index in [0.29, 0.717) is 6.42 Å². The van der Waals surface area contributed by atoms with E-state index in [1.54, 1.807) is 0 Å². The highest BCUT2D eigenvalue weighted by atomic mass is 16.4. The molecule has 0 aliphatic heterocycles. The van der Waals surface area contributed by atoms with Gasteiger partial charge < -0.3 is 10.2 Å². The smallest absolute Gasteiger partial charge is 0.332 e. The van der Waals surface area contributed by atoms with Gasteiger partial charge in [-0.15, -0.1) is 13.2 Å². The van der Waals surface area contributed by atoms with E-state index in [1.165, 1.54) is 0 Å². The minimum Gasteiger partial charge on any atom is -0.479 e. The standard InChI is InChI=1S/C6H12O3.C2H4/c1-2-3-4-5(7)6(8)9;1-2/h5,7H,2-4H2,1H3,(H,8,9);1-2H2. The van der Waals surface area contributed by atoms with Gasteiger partial charge in [-0.05, 0) is 6.42 Å². The molecule has 0 aromatic rings. The van der Waals surface area contributed by atoms with Gasteiger partial charge in [-0.2, -0.15) is 0 Å². The first kappa shape index (κ1) is 12.8. The summed E-state index contributed by atoms with van der Waals surface area (Å²) in [7, 11) is 0. The van der Waals surface area contributed by atoms with Crippen LogP contribution in [0.15, 0.2) is 13.2 Å². The second-order valence-electron chi connectivity index (χ2n) is 2.00. The molecule has 0 aliphatic carbocycles. The first-order chi connectivity index (χ1) is 5.18. The molecule has 3 nitrogen and oxygen atoms in total. The summed E-state index contributed by atoms with van der Waals surface area (Å²) in [5.41, 5.74) is 0. The number of carboxylic acid groups (broad SMARTS) is 1. The summed E-state index contributed by atoms with van der Waals surface area (Å²) in [5.74, 6) is -1.12. The number of carbonyl (C=O) groups is 1. The van der Waals surface area contributed by atoms with Crippen molar-refractivity contribution in [3.63, 3.8) is 0 Å². The Labute approximate surface area is 67.4 Å². The molecule has 0 aromatic heterocycles. The molecule has 0 heterocycles. The van der Waals surface area contributed by atoms with Crippen molar-refractivity contribution in [1.82, 2.24) is 0 Å². The number of aliphatic hydroxyl groups excluding tert-OH is 1. The summed E-state index contributed by atoms with van der Waals surface area (Å²) >= 11 is 0. The Morgan fingerprint density at radius 3 is 2.27 bits per heavy atom. The zero-order valence-electron chi connectivity index (χ0n) is 6.92. The van der Waals surface area contributed by atoms with Crippen molar-refractivity contribution in [2.45, 2.75) is 32.3 Å². The highest BCUT2D eigenvalue weighted by Gasteiger charge is 2.10. The van der Waals surface area contributed by atoms with Gasteiger partial charge in [0.05, 0.1) is 0 Å². The molecule has 0 aliphatic rings. The van der Waals surface area contributed by atoms with E-state index >= 15 is 0 Å². The highest BCUT2D eigenvalue weighted by Crippen LogP contribution is 1.99. The van der Waals surface area contributed by atoms with E-state index in [2.05, 4.69) is 13.2 Å². The summed E-state index contributed by atoms with van der Waals surface area (Å²) in [6, 6.07) is 0. The monoisotopic (exact) mass is 160 g/mol. The molecule has 0 bridgehead atoms.